The Balaban J connectivity index is 1.86. The first kappa shape index (κ1) is 18.7. The van der Waals surface area contributed by atoms with E-state index in [0.29, 0.717) is 10.3 Å². The molecule has 0 aliphatic heterocycles. The van der Waals surface area contributed by atoms with Crippen LogP contribution in [0.4, 0.5) is 4.39 Å². The second kappa shape index (κ2) is 7.26. The van der Waals surface area contributed by atoms with E-state index in [0.717, 1.165) is 10.6 Å². The van der Waals surface area contributed by atoms with Gasteiger partial charge in [-0.15, -0.1) is 0 Å². The zero-order chi connectivity index (χ0) is 18.9. The Morgan fingerprint density at radius 2 is 2.08 bits per heavy atom. The Bertz CT molecular complexity index is 941. The first-order chi connectivity index (χ1) is 12.3. The Morgan fingerprint density at radius 1 is 1.38 bits per heavy atom. The number of nitrogens with zero attached hydrogens (tertiary/aromatic N) is 2. The van der Waals surface area contributed by atoms with Gasteiger partial charge in [0.05, 0.1) is 22.7 Å². The first-order valence-corrected chi connectivity index (χ1v) is 9.12. The van der Waals surface area contributed by atoms with E-state index in [1.807, 2.05) is 30.3 Å². The van der Waals surface area contributed by atoms with Gasteiger partial charge in [-0.2, -0.15) is 0 Å². The third-order valence-corrected chi connectivity index (χ3v) is 5.23. The van der Waals surface area contributed by atoms with Crippen molar-refractivity contribution in [2.75, 3.05) is 6.54 Å². The quantitative estimate of drug-likeness (QED) is 0.690. The van der Waals surface area contributed by atoms with Crippen LogP contribution in [-0.2, 0) is 0 Å². The van der Waals surface area contributed by atoms with Crippen molar-refractivity contribution in [1.82, 2.24) is 15.3 Å². The summed E-state index contributed by atoms with van der Waals surface area (Å²) in [5, 5.41) is 12.9. The highest BCUT2D eigenvalue weighted by Crippen LogP contribution is 2.33. The Kier molecular flexibility index (Phi) is 5.22. The minimum atomic E-state index is -1.61. The highest BCUT2D eigenvalue weighted by Gasteiger charge is 2.27. The zero-order valence-corrected chi connectivity index (χ0v) is 15.7. The number of nitrogens with one attached hydrogen (secondary N) is 1. The van der Waals surface area contributed by atoms with E-state index in [4.69, 9.17) is 11.6 Å². The van der Waals surface area contributed by atoms with Crippen LogP contribution >= 0.6 is 22.9 Å². The van der Waals surface area contributed by atoms with Crippen molar-refractivity contribution in [1.29, 1.82) is 0 Å². The van der Waals surface area contributed by atoms with Crippen LogP contribution in [0.3, 0.4) is 0 Å². The molecule has 1 atom stereocenters. The lowest BCUT2D eigenvalue weighted by Crippen LogP contribution is -2.42. The lowest BCUT2D eigenvalue weighted by molar-refractivity contribution is -0.00177. The smallest absolute Gasteiger partial charge is 0.254 e. The van der Waals surface area contributed by atoms with Crippen LogP contribution in [0.2, 0.25) is 5.02 Å². The predicted molar refractivity (Wildman–Crippen MR) is 101 cm³/mol. The molecule has 5 nitrogen and oxygen atoms in total. The number of hydrogen-bond donors (Lipinski definition) is 2. The van der Waals surface area contributed by atoms with Crippen molar-refractivity contribution in [2.45, 2.75) is 25.6 Å². The molecule has 0 spiro atoms. The molecule has 0 fully saturated rings. The summed E-state index contributed by atoms with van der Waals surface area (Å²) in [4.78, 5) is 21.7. The minimum absolute atomic E-state index is 0.118. The second-order valence-electron chi connectivity index (χ2n) is 6.36. The number of aliphatic hydroxyl groups is 1. The van der Waals surface area contributed by atoms with Crippen molar-refractivity contribution in [3.8, 4) is 10.6 Å². The van der Waals surface area contributed by atoms with Gasteiger partial charge in [0.25, 0.3) is 5.91 Å². The molecule has 2 aromatic heterocycles. The molecule has 0 bridgehead atoms. The minimum Gasteiger partial charge on any atom is -0.387 e. The Morgan fingerprint density at radius 3 is 2.73 bits per heavy atom. The number of carbonyl (C=O) groups is 1. The van der Waals surface area contributed by atoms with Gasteiger partial charge in [0.2, 0.25) is 0 Å². The summed E-state index contributed by atoms with van der Waals surface area (Å²) in [6, 6.07) is 9.58. The zero-order valence-electron chi connectivity index (χ0n) is 14.2. The molecule has 136 valence electrons. The number of alkyl halides is 1. The summed E-state index contributed by atoms with van der Waals surface area (Å²) in [5.74, 6) is -0.564. The van der Waals surface area contributed by atoms with E-state index >= 15 is 0 Å². The van der Waals surface area contributed by atoms with Crippen LogP contribution in [0.5, 0.6) is 0 Å². The van der Waals surface area contributed by atoms with Gasteiger partial charge in [0.1, 0.15) is 21.5 Å². The molecule has 2 heterocycles. The summed E-state index contributed by atoms with van der Waals surface area (Å²) >= 11 is 7.72. The van der Waals surface area contributed by atoms with E-state index in [9.17, 15) is 14.3 Å². The normalized spacial score (nSPS) is 13.0. The predicted octanol–water partition coefficient (Wildman–Crippen LogP) is 3.85. The van der Waals surface area contributed by atoms with E-state index in [2.05, 4.69) is 15.3 Å². The molecule has 8 heteroatoms. The Labute approximate surface area is 158 Å². The molecule has 2 N–H and O–H groups in total. The molecule has 26 heavy (non-hydrogen) atoms. The largest absolute Gasteiger partial charge is 0.387 e. The molecule has 0 saturated carbocycles. The van der Waals surface area contributed by atoms with Crippen LogP contribution in [0.15, 0.2) is 36.5 Å². The van der Waals surface area contributed by atoms with E-state index in [1.165, 1.54) is 31.4 Å². The van der Waals surface area contributed by atoms with Gasteiger partial charge in [-0.05, 0) is 13.8 Å². The topological polar surface area (TPSA) is 75.1 Å². The van der Waals surface area contributed by atoms with Gasteiger partial charge < -0.3 is 10.4 Å². The summed E-state index contributed by atoms with van der Waals surface area (Å²) in [7, 11) is 0. The van der Waals surface area contributed by atoms with Crippen LogP contribution in [0.25, 0.3) is 20.9 Å². The summed E-state index contributed by atoms with van der Waals surface area (Å²) < 4.78 is 13.8. The maximum absolute atomic E-state index is 13.8. The number of hydrogen-bond acceptors (Lipinski definition) is 5. The average molecular weight is 394 g/mol. The number of thiazole rings is 1. The number of halogens is 2. The number of carbonyl (C=O) groups excluding carboxylic acids is 1. The average Bonchev–Trinajstić information content (AvgIpc) is 3.05. The summed E-state index contributed by atoms with van der Waals surface area (Å²) in [6.07, 6.45) is -0.254. The molecule has 0 saturated heterocycles. The number of fused-ring (bicyclic) bond motifs is 1. The van der Waals surface area contributed by atoms with Crippen molar-refractivity contribution in [3.05, 3.63) is 47.1 Å². The van der Waals surface area contributed by atoms with E-state index in [-0.39, 0.29) is 17.1 Å². The van der Waals surface area contributed by atoms with Crippen LogP contribution in [0.1, 0.15) is 24.2 Å². The van der Waals surface area contributed by atoms with Gasteiger partial charge >= 0.3 is 0 Å². The number of amides is 1. The third-order valence-electron chi connectivity index (χ3n) is 3.84. The fraction of sp³-hybridized carbons (Fsp3) is 0.278. The van der Waals surface area contributed by atoms with Gasteiger partial charge in [-0.1, -0.05) is 53.3 Å². The molecular weight excluding hydrogens is 377 g/mol. The molecule has 0 radical (unpaired) electrons. The van der Waals surface area contributed by atoms with Crippen molar-refractivity contribution >= 4 is 39.2 Å². The van der Waals surface area contributed by atoms with Gasteiger partial charge in [0.15, 0.2) is 0 Å². The van der Waals surface area contributed by atoms with Crippen LogP contribution < -0.4 is 5.32 Å². The SMILES string of the molecule is CC(C)(O)[C@H](F)CNC(=O)c1cnc2sc(-c3ccccc3)nc2c1Cl. The number of pyridine rings is 1. The van der Waals surface area contributed by atoms with E-state index < -0.39 is 17.7 Å². The van der Waals surface area contributed by atoms with Crippen molar-refractivity contribution < 1.29 is 14.3 Å². The van der Waals surface area contributed by atoms with Gasteiger partial charge in [0, 0.05) is 11.8 Å². The highest BCUT2D eigenvalue weighted by atomic mass is 35.5. The van der Waals surface area contributed by atoms with Crippen LogP contribution in [-0.4, -0.2) is 39.3 Å². The van der Waals surface area contributed by atoms with Crippen LogP contribution in [0, 0.1) is 0 Å². The summed E-state index contributed by atoms with van der Waals surface area (Å²) in [5.41, 5.74) is -0.0591. The van der Waals surface area contributed by atoms with Gasteiger partial charge in [-0.25, -0.2) is 14.4 Å². The second-order valence-corrected chi connectivity index (χ2v) is 7.71. The summed E-state index contributed by atoms with van der Waals surface area (Å²) in [6.45, 7) is 2.35. The molecule has 0 unspecified atom stereocenters. The Hall–Kier alpha value is -2.09. The monoisotopic (exact) mass is 393 g/mol. The number of rotatable bonds is 5. The fourth-order valence-corrected chi connectivity index (χ4v) is 3.49. The van der Waals surface area contributed by atoms with E-state index in [1.54, 1.807) is 0 Å². The standard InChI is InChI=1S/C18H17ClFN3O2S/c1-18(2,25)12(20)9-21-15(24)11-8-22-17-14(13(11)19)23-16(26-17)10-6-4-3-5-7-10/h3-8,12,25H,9H2,1-2H3,(H,21,24)/t12-/m1/s1. The molecule has 1 aromatic carbocycles. The molecular formula is C18H17ClFN3O2S. The molecule has 1 amide bonds. The maximum atomic E-state index is 13.8. The third kappa shape index (κ3) is 3.85. The molecule has 3 aromatic rings. The highest BCUT2D eigenvalue weighted by molar-refractivity contribution is 7.21. The lowest BCUT2D eigenvalue weighted by Gasteiger charge is -2.22. The van der Waals surface area contributed by atoms with Crippen molar-refractivity contribution in [3.63, 3.8) is 0 Å². The number of aromatic nitrogens is 2. The van der Waals surface area contributed by atoms with Gasteiger partial charge in [-0.3, -0.25) is 4.79 Å². The number of benzene rings is 1. The fourth-order valence-electron chi connectivity index (χ4n) is 2.24. The molecule has 0 aliphatic carbocycles. The molecule has 3 rings (SSSR count). The first-order valence-electron chi connectivity index (χ1n) is 7.92. The maximum Gasteiger partial charge on any atom is 0.254 e. The lowest BCUT2D eigenvalue weighted by atomic mass is 10.0. The van der Waals surface area contributed by atoms with Crippen molar-refractivity contribution in [2.24, 2.45) is 0 Å². The molecule has 0 aliphatic rings.